The quantitative estimate of drug-likeness (QED) is 0.351. The Bertz CT molecular complexity index is 849. The third kappa shape index (κ3) is 3.95. The normalized spacial score (nSPS) is 14.2. The van der Waals surface area contributed by atoms with E-state index in [-0.39, 0.29) is 11.3 Å². The predicted molar refractivity (Wildman–Crippen MR) is 97.3 cm³/mol. The van der Waals surface area contributed by atoms with Gasteiger partial charge in [-0.15, -0.1) is 0 Å². The molecule has 0 bridgehead atoms. The van der Waals surface area contributed by atoms with Crippen molar-refractivity contribution in [2.75, 3.05) is 31.2 Å². The lowest BCUT2D eigenvalue weighted by molar-refractivity contribution is -0.384. The van der Waals surface area contributed by atoms with E-state index in [1.165, 1.54) is 12.1 Å². The summed E-state index contributed by atoms with van der Waals surface area (Å²) < 4.78 is 10.6. The first-order valence-electron chi connectivity index (χ1n) is 8.05. The molecule has 1 fully saturated rings. The van der Waals surface area contributed by atoms with Crippen LogP contribution >= 0.6 is 11.6 Å². The molecule has 0 spiro atoms. The molecule has 26 heavy (non-hydrogen) atoms. The van der Waals surface area contributed by atoms with Crippen LogP contribution in [0.1, 0.15) is 15.9 Å². The highest BCUT2D eigenvalue weighted by Crippen LogP contribution is 2.30. The molecule has 0 aliphatic carbocycles. The summed E-state index contributed by atoms with van der Waals surface area (Å²) in [4.78, 5) is 25.2. The molecule has 7 nitrogen and oxygen atoms in total. The Morgan fingerprint density at radius 3 is 2.62 bits per heavy atom. The van der Waals surface area contributed by atoms with Crippen molar-refractivity contribution in [3.05, 3.63) is 62.7 Å². The summed E-state index contributed by atoms with van der Waals surface area (Å²) in [6.07, 6.45) is 0. The summed E-state index contributed by atoms with van der Waals surface area (Å²) in [5.41, 5.74) is 1.22. The smallest absolute Gasteiger partial charge is 0.343 e. The van der Waals surface area contributed by atoms with Crippen LogP contribution in [0.5, 0.6) is 5.75 Å². The van der Waals surface area contributed by atoms with E-state index in [0.717, 1.165) is 5.56 Å². The molecule has 0 amide bonds. The SMILES string of the molecule is Cc1cc(OC(=O)c2ccc(N3CCOCC3)c([N+](=O)[O-])c2)ccc1Cl. The van der Waals surface area contributed by atoms with Gasteiger partial charge in [0, 0.05) is 24.2 Å². The second kappa shape index (κ2) is 7.72. The maximum absolute atomic E-state index is 12.4. The van der Waals surface area contributed by atoms with Crippen molar-refractivity contribution in [3.63, 3.8) is 0 Å². The molecule has 3 rings (SSSR count). The van der Waals surface area contributed by atoms with E-state index in [2.05, 4.69) is 0 Å². The molecular formula is C18H17ClN2O5. The van der Waals surface area contributed by atoms with Gasteiger partial charge in [0.15, 0.2) is 0 Å². The fourth-order valence-electron chi connectivity index (χ4n) is 2.71. The van der Waals surface area contributed by atoms with E-state index < -0.39 is 10.9 Å². The molecule has 0 unspecified atom stereocenters. The average Bonchev–Trinajstić information content (AvgIpc) is 2.65. The molecular weight excluding hydrogens is 360 g/mol. The number of carbonyl (C=O) groups excluding carboxylic acids is 1. The number of nitro groups is 1. The highest BCUT2D eigenvalue weighted by atomic mass is 35.5. The van der Waals surface area contributed by atoms with Crippen molar-refractivity contribution < 1.29 is 19.2 Å². The summed E-state index contributed by atoms with van der Waals surface area (Å²) in [6.45, 7) is 3.94. The van der Waals surface area contributed by atoms with E-state index >= 15 is 0 Å². The van der Waals surface area contributed by atoms with Crippen LogP contribution in [-0.2, 0) is 4.74 Å². The van der Waals surface area contributed by atoms with Gasteiger partial charge in [0.25, 0.3) is 5.69 Å². The van der Waals surface area contributed by atoms with E-state index in [4.69, 9.17) is 21.1 Å². The molecule has 0 atom stereocenters. The lowest BCUT2D eigenvalue weighted by Gasteiger charge is -2.28. The highest BCUT2D eigenvalue weighted by molar-refractivity contribution is 6.31. The molecule has 2 aromatic carbocycles. The third-order valence-electron chi connectivity index (χ3n) is 4.10. The van der Waals surface area contributed by atoms with Crippen molar-refractivity contribution in [3.8, 4) is 5.75 Å². The maximum Gasteiger partial charge on any atom is 0.343 e. The van der Waals surface area contributed by atoms with Crippen molar-refractivity contribution in [2.45, 2.75) is 6.92 Å². The number of morpholine rings is 1. The Hall–Kier alpha value is -2.64. The largest absolute Gasteiger partial charge is 0.423 e. The number of rotatable bonds is 4. The standard InChI is InChI=1S/C18H17ClN2O5/c1-12-10-14(3-4-15(12)19)26-18(22)13-2-5-16(17(11-13)21(23)24)20-6-8-25-9-7-20/h2-5,10-11H,6-9H2,1H3. The number of hydrogen-bond acceptors (Lipinski definition) is 6. The van der Waals surface area contributed by atoms with Crippen molar-refractivity contribution >= 4 is 28.9 Å². The minimum absolute atomic E-state index is 0.112. The minimum atomic E-state index is -0.664. The number of halogens is 1. The zero-order chi connectivity index (χ0) is 18.7. The van der Waals surface area contributed by atoms with Crippen LogP contribution in [0, 0.1) is 17.0 Å². The molecule has 136 valence electrons. The summed E-state index contributed by atoms with van der Waals surface area (Å²) in [7, 11) is 0. The Morgan fingerprint density at radius 1 is 1.23 bits per heavy atom. The molecule has 1 saturated heterocycles. The van der Waals surface area contributed by atoms with Gasteiger partial charge in [-0.2, -0.15) is 0 Å². The molecule has 2 aromatic rings. The van der Waals surface area contributed by atoms with Gasteiger partial charge in [0.05, 0.1) is 23.7 Å². The van der Waals surface area contributed by atoms with Crippen LogP contribution in [0.2, 0.25) is 5.02 Å². The third-order valence-corrected chi connectivity index (χ3v) is 4.52. The zero-order valence-corrected chi connectivity index (χ0v) is 14.9. The number of aryl methyl sites for hydroxylation is 1. The van der Waals surface area contributed by atoms with Crippen LogP contribution in [0.15, 0.2) is 36.4 Å². The number of ether oxygens (including phenoxy) is 2. The molecule has 1 aliphatic heterocycles. The number of nitrogens with zero attached hydrogens (tertiary/aromatic N) is 2. The molecule has 0 radical (unpaired) electrons. The van der Waals surface area contributed by atoms with E-state index in [1.807, 2.05) is 4.90 Å². The van der Waals surface area contributed by atoms with Crippen LogP contribution < -0.4 is 9.64 Å². The van der Waals surface area contributed by atoms with E-state index in [1.54, 1.807) is 31.2 Å². The number of hydrogen-bond donors (Lipinski definition) is 0. The minimum Gasteiger partial charge on any atom is -0.423 e. The van der Waals surface area contributed by atoms with Crippen molar-refractivity contribution in [1.82, 2.24) is 0 Å². The Balaban J connectivity index is 1.85. The topological polar surface area (TPSA) is 81.9 Å². The van der Waals surface area contributed by atoms with Crippen molar-refractivity contribution in [1.29, 1.82) is 0 Å². The first-order valence-corrected chi connectivity index (χ1v) is 8.43. The van der Waals surface area contributed by atoms with E-state index in [0.29, 0.717) is 42.8 Å². The first-order chi connectivity index (χ1) is 12.5. The predicted octanol–water partition coefficient (Wildman–Crippen LogP) is 3.61. The second-order valence-corrected chi connectivity index (χ2v) is 6.27. The molecule has 0 aromatic heterocycles. The summed E-state index contributed by atoms with van der Waals surface area (Å²) >= 11 is 5.95. The Morgan fingerprint density at radius 2 is 1.96 bits per heavy atom. The zero-order valence-electron chi connectivity index (χ0n) is 14.1. The van der Waals surface area contributed by atoms with Crippen LogP contribution in [0.3, 0.4) is 0 Å². The van der Waals surface area contributed by atoms with Gasteiger partial charge in [0.1, 0.15) is 11.4 Å². The fourth-order valence-corrected chi connectivity index (χ4v) is 2.83. The number of esters is 1. The number of carbonyl (C=O) groups is 1. The van der Waals surface area contributed by atoms with Gasteiger partial charge < -0.3 is 14.4 Å². The highest BCUT2D eigenvalue weighted by Gasteiger charge is 2.24. The Labute approximate surface area is 155 Å². The van der Waals surface area contributed by atoms with Crippen molar-refractivity contribution in [2.24, 2.45) is 0 Å². The van der Waals surface area contributed by atoms with Gasteiger partial charge >= 0.3 is 5.97 Å². The van der Waals surface area contributed by atoms with Gasteiger partial charge in [-0.3, -0.25) is 10.1 Å². The fraction of sp³-hybridized carbons (Fsp3) is 0.278. The molecule has 8 heteroatoms. The van der Waals surface area contributed by atoms with Gasteiger partial charge in [-0.1, -0.05) is 11.6 Å². The van der Waals surface area contributed by atoms with Gasteiger partial charge in [-0.25, -0.2) is 4.79 Å². The summed E-state index contributed by atoms with van der Waals surface area (Å²) in [5, 5.41) is 12.0. The first kappa shape index (κ1) is 18.2. The monoisotopic (exact) mass is 376 g/mol. The number of nitro benzene ring substituents is 1. The lowest BCUT2D eigenvalue weighted by atomic mass is 10.1. The molecule has 0 saturated carbocycles. The van der Waals surface area contributed by atoms with Crippen LogP contribution in [-0.4, -0.2) is 37.2 Å². The molecule has 1 aliphatic rings. The summed E-state index contributed by atoms with van der Waals surface area (Å²) in [5.74, 6) is -0.333. The van der Waals surface area contributed by atoms with Gasteiger partial charge in [0.2, 0.25) is 0 Å². The summed E-state index contributed by atoms with van der Waals surface area (Å²) in [6, 6.07) is 9.19. The Kier molecular flexibility index (Phi) is 5.39. The number of benzene rings is 2. The molecule has 0 N–H and O–H groups in total. The van der Waals surface area contributed by atoms with Crippen LogP contribution in [0.4, 0.5) is 11.4 Å². The molecule has 1 heterocycles. The second-order valence-electron chi connectivity index (χ2n) is 5.86. The maximum atomic E-state index is 12.4. The van der Waals surface area contributed by atoms with Gasteiger partial charge in [-0.05, 0) is 42.8 Å². The average molecular weight is 377 g/mol. The van der Waals surface area contributed by atoms with Crippen LogP contribution in [0.25, 0.3) is 0 Å². The number of anilines is 1. The van der Waals surface area contributed by atoms with E-state index in [9.17, 15) is 14.9 Å². The lowest BCUT2D eigenvalue weighted by Crippen LogP contribution is -2.36.